The Morgan fingerprint density at radius 1 is 1.10 bits per heavy atom. The molecule has 0 aliphatic carbocycles. The first-order valence-corrected chi connectivity index (χ1v) is 10.6. The predicted octanol–water partition coefficient (Wildman–Crippen LogP) is 3.58. The summed E-state index contributed by atoms with van der Waals surface area (Å²) in [5.41, 5.74) is 2.71. The third-order valence-electron chi connectivity index (χ3n) is 5.31. The van der Waals surface area contributed by atoms with E-state index in [9.17, 15) is 9.59 Å². The van der Waals surface area contributed by atoms with Gasteiger partial charge in [0, 0.05) is 37.8 Å². The summed E-state index contributed by atoms with van der Waals surface area (Å²) in [7, 11) is 1.81. The highest BCUT2D eigenvalue weighted by Gasteiger charge is 2.32. The lowest BCUT2D eigenvalue weighted by molar-refractivity contribution is -0.133. The molecule has 1 aliphatic heterocycles. The monoisotopic (exact) mass is 405 g/mol. The van der Waals surface area contributed by atoms with Crippen molar-refractivity contribution in [2.45, 2.75) is 6.42 Å². The summed E-state index contributed by atoms with van der Waals surface area (Å²) in [6.45, 7) is 1.44. The lowest BCUT2D eigenvalue weighted by Crippen LogP contribution is -2.37. The summed E-state index contributed by atoms with van der Waals surface area (Å²) < 4.78 is 0. The number of pyridine rings is 1. The Bertz CT molecular complexity index is 988. The number of thiophene rings is 1. The summed E-state index contributed by atoms with van der Waals surface area (Å²) in [5.74, 6) is -0.316. The molecule has 1 aromatic carbocycles. The van der Waals surface area contributed by atoms with Crippen LogP contribution in [-0.4, -0.2) is 53.3 Å². The lowest BCUT2D eigenvalue weighted by Gasteiger charge is -2.23. The van der Waals surface area contributed by atoms with E-state index >= 15 is 0 Å². The van der Waals surface area contributed by atoms with Crippen molar-refractivity contribution in [2.75, 3.05) is 26.7 Å². The number of benzene rings is 1. The number of likely N-dealkylation sites (N-methyl/N-ethyl adjacent to an activating group) is 1. The van der Waals surface area contributed by atoms with Gasteiger partial charge in [0.15, 0.2) is 0 Å². The Morgan fingerprint density at radius 2 is 1.93 bits per heavy atom. The fourth-order valence-corrected chi connectivity index (χ4v) is 4.54. The molecule has 0 radical (unpaired) electrons. The van der Waals surface area contributed by atoms with Crippen LogP contribution in [0.25, 0.3) is 10.4 Å². The first kappa shape index (κ1) is 19.3. The van der Waals surface area contributed by atoms with Crippen molar-refractivity contribution in [1.29, 1.82) is 0 Å². The zero-order valence-corrected chi connectivity index (χ0v) is 17.1. The van der Waals surface area contributed by atoms with E-state index in [0.29, 0.717) is 31.7 Å². The van der Waals surface area contributed by atoms with Gasteiger partial charge in [-0.1, -0.05) is 36.4 Å². The van der Waals surface area contributed by atoms with Gasteiger partial charge < -0.3 is 9.80 Å². The topological polar surface area (TPSA) is 53.5 Å². The molecule has 2 amide bonds. The second kappa shape index (κ2) is 8.57. The van der Waals surface area contributed by atoms with E-state index in [1.165, 1.54) is 4.88 Å². The molecule has 1 atom stereocenters. The van der Waals surface area contributed by atoms with Crippen LogP contribution < -0.4 is 0 Å². The van der Waals surface area contributed by atoms with Crippen LogP contribution in [0.1, 0.15) is 16.1 Å². The van der Waals surface area contributed by atoms with Crippen LogP contribution in [0.5, 0.6) is 0 Å². The van der Waals surface area contributed by atoms with E-state index < -0.39 is 0 Å². The van der Waals surface area contributed by atoms with Gasteiger partial charge in [0.05, 0.1) is 5.92 Å². The number of nitrogens with zero attached hydrogens (tertiary/aromatic N) is 3. The van der Waals surface area contributed by atoms with Gasteiger partial charge in [-0.15, -0.1) is 11.3 Å². The highest BCUT2D eigenvalue weighted by atomic mass is 32.1. The molecule has 0 unspecified atom stereocenters. The van der Waals surface area contributed by atoms with E-state index in [0.717, 1.165) is 11.1 Å². The van der Waals surface area contributed by atoms with Crippen molar-refractivity contribution in [2.24, 2.45) is 5.92 Å². The highest BCUT2D eigenvalue weighted by Crippen LogP contribution is 2.30. The number of carbonyl (C=O) groups is 2. The number of hydrogen-bond donors (Lipinski definition) is 0. The smallest absolute Gasteiger partial charge is 0.272 e. The maximum absolute atomic E-state index is 13.0. The molecule has 148 valence electrons. The Labute approximate surface area is 174 Å². The molecule has 1 aliphatic rings. The molecule has 3 aromatic rings. The van der Waals surface area contributed by atoms with Crippen LogP contribution in [0.2, 0.25) is 0 Å². The molecule has 4 rings (SSSR count). The normalized spacial score (nSPS) is 17.3. The summed E-state index contributed by atoms with van der Waals surface area (Å²) in [4.78, 5) is 34.9. The predicted molar refractivity (Wildman–Crippen MR) is 115 cm³/mol. The lowest BCUT2D eigenvalue weighted by atomic mass is 9.93. The first-order chi connectivity index (χ1) is 14.1. The first-order valence-electron chi connectivity index (χ1n) is 9.70. The Balaban J connectivity index is 1.60. The van der Waals surface area contributed by atoms with Crippen LogP contribution in [0, 0.1) is 5.92 Å². The van der Waals surface area contributed by atoms with Gasteiger partial charge in [0.2, 0.25) is 5.91 Å². The molecular formula is C23H23N3O2S. The van der Waals surface area contributed by atoms with Gasteiger partial charge in [0.1, 0.15) is 5.69 Å². The SMILES string of the molecule is CN1CCN(C(=O)c2ccccn2)C[C@@H](Cc2ccccc2-c2cccs2)C1=O. The zero-order valence-electron chi connectivity index (χ0n) is 16.3. The minimum atomic E-state index is -0.281. The maximum Gasteiger partial charge on any atom is 0.272 e. The van der Waals surface area contributed by atoms with Gasteiger partial charge >= 0.3 is 0 Å². The van der Waals surface area contributed by atoms with E-state index in [1.54, 1.807) is 39.5 Å². The van der Waals surface area contributed by atoms with Crippen molar-refractivity contribution in [3.8, 4) is 10.4 Å². The van der Waals surface area contributed by atoms with Gasteiger partial charge in [-0.3, -0.25) is 14.6 Å². The van der Waals surface area contributed by atoms with E-state index in [-0.39, 0.29) is 17.7 Å². The van der Waals surface area contributed by atoms with Gasteiger partial charge in [-0.05, 0) is 41.1 Å². The van der Waals surface area contributed by atoms with Crippen LogP contribution >= 0.6 is 11.3 Å². The molecule has 0 bridgehead atoms. The Morgan fingerprint density at radius 3 is 2.69 bits per heavy atom. The number of aromatic nitrogens is 1. The molecule has 1 saturated heterocycles. The Hall–Kier alpha value is -2.99. The largest absolute Gasteiger partial charge is 0.344 e. The average Bonchev–Trinajstić information content (AvgIpc) is 3.26. The summed E-state index contributed by atoms with van der Waals surface area (Å²) >= 11 is 1.69. The molecule has 29 heavy (non-hydrogen) atoms. The minimum Gasteiger partial charge on any atom is -0.344 e. The maximum atomic E-state index is 13.0. The van der Waals surface area contributed by atoms with Crippen LogP contribution in [0.15, 0.2) is 66.2 Å². The van der Waals surface area contributed by atoms with Crippen molar-refractivity contribution in [3.63, 3.8) is 0 Å². The molecule has 0 N–H and O–H groups in total. The molecule has 0 saturated carbocycles. The third-order valence-corrected chi connectivity index (χ3v) is 6.22. The molecule has 6 heteroatoms. The molecule has 0 spiro atoms. The Kier molecular flexibility index (Phi) is 5.71. The van der Waals surface area contributed by atoms with Crippen molar-refractivity contribution >= 4 is 23.2 Å². The van der Waals surface area contributed by atoms with Crippen LogP contribution in [0.4, 0.5) is 0 Å². The summed E-state index contributed by atoms with van der Waals surface area (Å²) in [6.07, 6.45) is 2.22. The molecule has 3 heterocycles. The minimum absolute atomic E-state index is 0.0855. The number of rotatable bonds is 4. The second-order valence-corrected chi connectivity index (χ2v) is 8.21. The number of amides is 2. The van der Waals surface area contributed by atoms with Gasteiger partial charge in [-0.25, -0.2) is 0 Å². The van der Waals surface area contributed by atoms with Gasteiger partial charge in [-0.2, -0.15) is 0 Å². The standard InChI is InChI=1S/C23H23N3O2S/c1-25-12-13-26(23(28)20-9-4-5-11-24-20)16-18(22(25)27)15-17-7-2-3-8-19(17)21-10-6-14-29-21/h2-11,14,18H,12-13,15-16H2,1H3/t18-/m1/s1. The molecular weight excluding hydrogens is 382 g/mol. The summed E-state index contributed by atoms with van der Waals surface area (Å²) in [6, 6.07) is 17.7. The van der Waals surface area contributed by atoms with Gasteiger partial charge in [0.25, 0.3) is 5.91 Å². The van der Waals surface area contributed by atoms with E-state index in [2.05, 4.69) is 28.6 Å². The molecule has 5 nitrogen and oxygen atoms in total. The fourth-order valence-electron chi connectivity index (χ4n) is 3.75. The quantitative estimate of drug-likeness (QED) is 0.667. The molecule has 2 aromatic heterocycles. The number of hydrogen-bond acceptors (Lipinski definition) is 4. The van der Waals surface area contributed by atoms with Crippen LogP contribution in [-0.2, 0) is 11.2 Å². The van der Waals surface area contributed by atoms with Crippen molar-refractivity contribution in [1.82, 2.24) is 14.8 Å². The number of carbonyl (C=O) groups excluding carboxylic acids is 2. The van der Waals surface area contributed by atoms with Crippen molar-refractivity contribution < 1.29 is 9.59 Å². The zero-order chi connectivity index (χ0) is 20.2. The van der Waals surface area contributed by atoms with Crippen molar-refractivity contribution in [3.05, 3.63) is 77.4 Å². The fraction of sp³-hybridized carbons (Fsp3) is 0.261. The molecule has 1 fully saturated rings. The average molecular weight is 406 g/mol. The summed E-state index contributed by atoms with van der Waals surface area (Å²) in [5, 5.41) is 2.06. The third kappa shape index (κ3) is 4.22. The van der Waals surface area contributed by atoms with E-state index in [1.807, 2.05) is 31.3 Å². The second-order valence-electron chi connectivity index (χ2n) is 7.26. The highest BCUT2D eigenvalue weighted by molar-refractivity contribution is 7.13. The van der Waals surface area contributed by atoms with Crippen LogP contribution in [0.3, 0.4) is 0 Å². The van der Waals surface area contributed by atoms with E-state index in [4.69, 9.17) is 0 Å².